The predicted octanol–water partition coefficient (Wildman–Crippen LogP) is 3.93. The average Bonchev–Trinajstić information content (AvgIpc) is 3.25. The first-order valence-corrected chi connectivity index (χ1v) is 11.1. The van der Waals surface area contributed by atoms with Crippen molar-refractivity contribution in [1.82, 2.24) is 4.90 Å². The average molecular weight is 424 g/mol. The van der Waals surface area contributed by atoms with Crippen LogP contribution in [0, 0.1) is 20.8 Å². The summed E-state index contributed by atoms with van der Waals surface area (Å²) < 4.78 is 5.42. The van der Waals surface area contributed by atoms with Gasteiger partial charge in [0.05, 0.1) is 0 Å². The predicted molar refractivity (Wildman–Crippen MR) is 116 cm³/mol. The molecule has 2 saturated heterocycles. The van der Waals surface area contributed by atoms with Crippen molar-refractivity contribution in [3.63, 3.8) is 0 Å². The molecule has 30 heavy (non-hydrogen) atoms. The lowest BCUT2D eigenvalue weighted by molar-refractivity contribution is -0.152. The van der Waals surface area contributed by atoms with E-state index in [0.717, 1.165) is 22.3 Å². The number of benzene rings is 2. The molecule has 6 heteroatoms. The van der Waals surface area contributed by atoms with Crippen LogP contribution in [0.15, 0.2) is 42.5 Å². The topological polar surface area (TPSA) is 63.7 Å². The molecule has 0 spiro atoms. The maximum absolute atomic E-state index is 12.9. The molecule has 2 heterocycles. The summed E-state index contributed by atoms with van der Waals surface area (Å²) >= 11 is 1.61. The minimum Gasteiger partial charge on any atom is -0.456 e. The largest absolute Gasteiger partial charge is 0.456 e. The monoisotopic (exact) mass is 423 g/mol. The van der Waals surface area contributed by atoms with E-state index in [9.17, 15) is 14.4 Å². The van der Waals surface area contributed by atoms with Crippen molar-refractivity contribution in [2.45, 2.75) is 44.5 Å². The zero-order valence-corrected chi connectivity index (χ0v) is 18.3. The summed E-state index contributed by atoms with van der Waals surface area (Å²) in [6.07, 6.45) is 1.08. The zero-order valence-electron chi connectivity index (χ0n) is 17.4. The Labute approximate surface area is 180 Å². The van der Waals surface area contributed by atoms with Crippen LogP contribution in [-0.2, 0) is 19.2 Å². The van der Waals surface area contributed by atoms with E-state index in [1.54, 1.807) is 16.7 Å². The number of Topliss-reactive ketones (excluding diaryl/α,β-unsaturated/α-hetero) is 1. The second-order valence-electron chi connectivity index (χ2n) is 8.05. The van der Waals surface area contributed by atoms with Gasteiger partial charge in [0.25, 0.3) is 0 Å². The maximum atomic E-state index is 12.9. The van der Waals surface area contributed by atoms with Gasteiger partial charge in [-0.2, -0.15) is 0 Å². The number of thioether (sulfide) groups is 1. The molecule has 0 N–H and O–H groups in total. The van der Waals surface area contributed by atoms with Gasteiger partial charge in [-0.1, -0.05) is 48.0 Å². The molecule has 2 fully saturated rings. The molecule has 2 atom stereocenters. The van der Waals surface area contributed by atoms with Crippen LogP contribution in [0.4, 0.5) is 0 Å². The van der Waals surface area contributed by atoms with Crippen LogP contribution in [0.5, 0.6) is 0 Å². The molecule has 0 unspecified atom stereocenters. The molecular weight excluding hydrogens is 398 g/mol. The molecule has 4 rings (SSSR count). The second-order valence-corrected chi connectivity index (χ2v) is 9.34. The van der Waals surface area contributed by atoms with E-state index < -0.39 is 16.9 Å². The number of carbonyl (C=O) groups is 3. The van der Waals surface area contributed by atoms with E-state index in [4.69, 9.17) is 4.74 Å². The SMILES string of the molecule is Cc1cc(C)c(C(=O)COC(=O)[C@@H]2CS[C@@]3(c4ccccc4)CCC(=O)N23)c(C)c1. The van der Waals surface area contributed by atoms with Crippen LogP contribution in [-0.4, -0.2) is 41.0 Å². The van der Waals surface area contributed by atoms with Crippen molar-refractivity contribution < 1.29 is 19.1 Å². The van der Waals surface area contributed by atoms with Gasteiger partial charge in [0.15, 0.2) is 6.61 Å². The number of esters is 1. The van der Waals surface area contributed by atoms with Gasteiger partial charge in [-0.05, 0) is 43.9 Å². The lowest BCUT2D eigenvalue weighted by Gasteiger charge is -2.33. The van der Waals surface area contributed by atoms with Gasteiger partial charge in [0, 0.05) is 17.7 Å². The molecular formula is C24H25NO4S. The number of ketones is 1. The van der Waals surface area contributed by atoms with E-state index in [1.165, 1.54) is 0 Å². The quantitative estimate of drug-likeness (QED) is 0.539. The Morgan fingerprint density at radius 2 is 1.80 bits per heavy atom. The Morgan fingerprint density at radius 1 is 1.13 bits per heavy atom. The second kappa shape index (κ2) is 7.91. The third kappa shape index (κ3) is 3.43. The molecule has 2 aromatic carbocycles. The molecule has 0 aliphatic carbocycles. The summed E-state index contributed by atoms with van der Waals surface area (Å²) in [6.45, 7) is 5.45. The Kier molecular flexibility index (Phi) is 5.45. The van der Waals surface area contributed by atoms with Gasteiger partial charge in [0.1, 0.15) is 10.9 Å². The lowest BCUT2D eigenvalue weighted by atomic mass is 9.97. The molecule has 2 aromatic rings. The van der Waals surface area contributed by atoms with Crippen LogP contribution in [0.25, 0.3) is 0 Å². The van der Waals surface area contributed by atoms with Crippen molar-refractivity contribution >= 4 is 29.4 Å². The number of hydrogen-bond donors (Lipinski definition) is 0. The number of amides is 1. The smallest absolute Gasteiger partial charge is 0.330 e. The van der Waals surface area contributed by atoms with Crippen LogP contribution in [0.1, 0.15) is 45.5 Å². The molecule has 2 aliphatic rings. The number of rotatable bonds is 5. The number of nitrogens with zero attached hydrogens (tertiary/aromatic N) is 1. The highest BCUT2D eigenvalue weighted by molar-refractivity contribution is 8.00. The van der Waals surface area contributed by atoms with Gasteiger partial charge in [0.2, 0.25) is 11.7 Å². The molecule has 0 bridgehead atoms. The van der Waals surface area contributed by atoms with Gasteiger partial charge in [-0.15, -0.1) is 11.8 Å². The first-order valence-electron chi connectivity index (χ1n) is 10.1. The third-order valence-electron chi connectivity index (χ3n) is 5.93. The number of carbonyl (C=O) groups excluding carboxylic acids is 3. The maximum Gasteiger partial charge on any atom is 0.330 e. The van der Waals surface area contributed by atoms with Crippen LogP contribution in [0.2, 0.25) is 0 Å². The summed E-state index contributed by atoms with van der Waals surface area (Å²) in [4.78, 5) is 39.4. The van der Waals surface area contributed by atoms with E-state index in [-0.39, 0.29) is 18.3 Å². The first-order chi connectivity index (χ1) is 14.3. The van der Waals surface area contributed by atoms with Gasteiger partial charge >= 0.3 is 5.97 Å². The summed E-state index contributed by atoms with van der Waals surface area (Å²) in [5.74, 6) is -0.296. The minimum atomic E-state index is -0.668. The number of ether oxygens (including phenoxy) is 1. The summed E-state index contributed by atoms with van der Waals surface area (Å²) in [7, 11) is 0. The molecule has 0 saturated carbocycles. The summed E-state index contributed by atoms with van der Waals surface area (Å²) in [5, 5.41) is 0. The first kappa shape index (κ1) is 20.7. The highest BCUT2D eigenvalue weighted by Gasteiger charge is 2.57. The lowest BCUT2D eigenvalue weighted by Crippen LogP contribution is -2.47. The molecule has 5 nitrogen and oxygen atoms in total. The van der Waals surface area contributed by atoms with Crippen molar-refractivity contribution in [1.29, 1.82) is 0 Å². The molecule has 0 radical (unpaired) electrons. The van der Waals surface area contributed by atoms with Crippen molar-refractivity contribution in [2.24, 2.45) is 0 Å². The Balaban J connectivity index is 1.50. The van der Waals surface area contributed by atoms with E-state index >= 15 is 0 Å². The zero-order chi connectivity index (χ0) is 21.5. The standard InChI is InChI=1S/C24H25NO4S/c1-15-11-16(2)22(17(3)12-15)20(26)13-29-23(28)19-14-30-24(10-9-21(27)25(19)24)18-7-5-4-6-8-18/h4-8,11-12,19H,9-10,13-14H2,1-3H3/t19-,24+/m0/s1. The highest BCUT2D eigenvalue weighted by atomic mass is 32.2. The highest BCUT2D eigenvalue weighted by Crippen LogP contribution is 2.54. The van der Waals surface area contributed by atoms with E-state index in [2.05, 4.69) is 0 Å². The molecule has 156 valence electrons. The number of fused-ring (bicyclic) bond motifs is 1. The summed E-state index contributed by atoms with van der Waals surface area (Å²) in [5.41, 5.74) is 4.47. The van der Waals surface area contributed by atoms with Crippen molar-refractivity contribution in [3.8, 4) is 0 Å². The minimum absolute atomic E-state index is 0.0395. The third-order valence-corrected chi connectivity index (χ3v) is 7.52. The Hall–Kier alpha value is -2.60. The van der Waals surface area contributed by atoms with Gasteiger partial charge in [-0.25, -0.2) is 4.79 Å². The number of aryl methyl sites for hydroxylation is 3. The van der Waals surface area contributed by atoms with Crippen LogP contribution in [0.3, 0.4) is 0 Å². The Morgan fingerprint density at radius 3 is 2.47 bits per heavy atom. The number of hydrogen-bond acceptors (Lipinski definition) is 5. The van der Waals surface area contributed by atoms with Crippen molar-refractivity contribution in [3.05, 3.63) is 70.3 Å². The molecule has 2 aliphatic heterocycles. The van der Waals surface area contributed by atoms with E-state index in [0.29, 0.717) is 24.2 Å². The Bertz CT molecular complexity index is 996. The van der Waals surface area contributed by atoms with E-state index in [1.807, 2.05) is 63.2 Å². The fourth-order valence-corrected chi connectivity index (χ4v) is 6.38. The summed E-state index contributed by atoms with van der Waals surface area (Å²) in [6, 6.07) is 13.1. The fraction of sp³-hybridized carbons (Fsp3) is 0.375. The normalized spacial score (nSPS) is 22.8. The van der Waals surface area contributed by atoms with Crippen LogP contribution < -0.4 is 0 Å². The van der Waals surface area contributed by atoms with Crippen LogP contribution >= 0.6 is 11.8 Å². The molecule has 0 aromatic heterocycles. The van der Waals surface area contributed by atoms with Crippen molar-refractivity contribution in [2.75, 3.05) is 12.4 Å². The van der Waals surface area contributed by atoms with Gasteiger partial charge < -0.3 is 9.64 Å². The van der Waals surface area contributed by atoms with Gasteiger partial charge in [-0.3, -0.25) is 9.59 Å². The fourth-order valence-electron chi connectivity index (χ4n) is 4.74. The molecule has 1 amide bonds.